The molecule has 0 amide bonds. The third-order valence-electron chi connectivity index (χ3n) is 3.65. The molecule has 1 aromatic heterocycles. The number of nitrogens with zero attached hydrogens (tertiary/aromatic N) is 1. The molecule has 1 atom stereocenters. The number of hydrogen-bond acceptors (Lipinski definition) is 3. The first-order chi connectivity index (χ1) is 10.2. The maximum Gasteiger partial charge on any atom is 0.160 e. The summed E-state index contributed by atoms with van der Waals surface area (Å²) in [6.45, 7) is 5.02. The van der Waals surface area contributed by atoms with Crippen LogP contribution in [0.1, 0.15) is 46.3 Å². The number of carbonyl (C=O) groups excluding carboxylic acids is 1. The molecule has 0 saturated carbocycles. The van der Waals surface area contributed by atoms with Crippen LogP contribution in [0.4, 0.5) is 0 Å². The molecule has 2 heterocycles. The van der Waals surface area contributed by atoms with Gasteiger partial charge >= 0.3 is 0 Å². The van der Waals surface area contributed by atoms with Gasteiger partial charge in [-0.2, -0.15) is 0 Å². The molecule has 1 unspecified atom stereocenters. The molecule has 0 spiro atoms. The Balaban J connectivity index is 0.000000774. The first-order valence-corrected chi connectivity index (χ1v) is 8.47. The van der Waals surface area contributed by atoms with Crippen molar-refractivity contribution in [3.63, 3.8) is 0 Å². The topological polar surface area (TPSA) is 20.3 Å². The lowest BCUT2D eigenvalue weighted by Gasteiger charge is -2.34. The van der Waals surface area contributed by atoms with Crippen LogP contribution in [0.5, 0.6) is 0 Å². The summed E-state index contributed by atoms with van der Waals surface area (Å²) < 4.78 is 0. The maximum atomic E-state index is 10.9. The van der Waals surface area contributed by atoms with Crippen LogP contribution in [-0.2, 0) is 6.42 Å². The zero-order chi connectivity index (χ0) is 15.4. The third kappa shape index (κ3) is 3.37. The minimum atomic E-state index is 0.201. The number of fused-ring (bicyclic) bond motifs is 1. The second-order valence-electron chi connectivity index (χ2n) is 4.88. The second-order valence-corrected chi connectivity index (χ2v) is 6.26. The van der Waals surface area contributed by atoms with Gasteiger partial charge in [-0.3, -0.25) is 9.69 Å². The van der Waals surface area contributed by atoms with Crippen molar-refractivity contribution >= 4 is 29.2 Å². The molecule has 21 heavy (non-hydrogen) atoms. The molecular formula is C17H20ClNOS. The average molecular weight is 322 g/mol. The van der Waals surface area contributed by atoms with Gasteiger partial charge in [0, 0.05) is 11.6 Å². The predicted octanol–water partition coefficient (Wildman–Crippen LogP) is 4.82. The van der Waals surface area contributed by atoms with Crippen molar-refractivity contribution in [1.29, 1.82) is 0 Å². The van der Waals surface area contributed by atoms with Crippen molar-refractivity contribution in [3.8, 4) is 0 Å². The van der Waals surface area contributed by atoms with Gasteiger partial charge in [0.2, 0.25) is 0 Å². The first-order valence-electron chi connectivity index (χ1n) is 7.21. The highest BCUT2D eigenvalue weighted by Crippen LogP contribution is 2.37. The fourth-order valence-corrected chi connectivity index (χ4v) is 3.63. The summed E-state index contributed by atoms with van der Waals surface area (Å²) in [5.41, 5.74) is 3.79. The smallest absolute Gasteiger partial charge is 0.160 e. The normalized spacial score (nSPS) is 17.6. The molecule has 1 aromatic carbocycles. The Morgan fingerprint density at radius 1 is 1.33 bits per heavy atom. The van der Waals surface area contributed by atoms with Crippen LogP contribution in [-0.4, -0.2) is 24.8 Å². The number of halogens is 1. The van der Waals surface area contributed by atoms with E-state index in [1.165, 1.54) is 28.0 Å². The SMILES string of the molecule is CC.CN1CCc2ccc(Cl)cc2C1c1csc(C=O)c1. The van der Waals surface area contributed by atoms with Gasteiger partial charge in [-0.25, -0.2) is 0 Å². The van der Waals surface area contributed by atoms with Crippen molar-refractivity contribution in [2.24, 2.45) is 0 Å². The summed E-state index contributed by atoms with van der Waals surface area (Å²) in [7, 11) is 2.12. The highest BCUT2D eigenvalue weighted by Gasteiger charge is 2.27. The van der Waals surface area contributed by atoms with E-state index in [0.29, 0.717) is 0 Å². The Morgan fingerprint density at radius 3 is 2.76 bits per heavy atom. The van der Waals surface area contributed by atoms with Crippen LogP contribution in [0.2, 0.25) is 5.02 Å². The predicted molar refractivity (Wildman–Crippen MR) is 90.7 cm³/mol. The van der Waals surface area contributed by atoms with Gasteiger partial charge < -0.3 is 0 Å². The van der Waals surface area contributed by atoms with Crippen molar-refractivity contribution in [1.82, 2.24) is 4.90 Å². The fourth-order valence-electron chi connectivity index (χ4n) is 2.72. The lowest BCUT2D eigenvalue weighted by molar-refractivity contribution is 0.112. The molecule has 4 heteroatoms. The van der Waals surface area contributed by atoms with Gasteiger partial charge in [-0.05, 0) is 53.7 Å². The van der Waals surface area contributed by atoms with Crippen LogP contribution in [0.15, 0.2) is 29.6 Å². The van der Waals surface area contributed by atoms with E-state index < -0.39 is 0 Å². The van der Waals surface area contributed by atoms with Crippen LogP contribution >= 0.6 is 22.9 Å². The molecule has 3 rings (SSSR count). The van der Waals surface area contributed by atoms with Gasteiger partial charge in [-0.15, -0.1) is 11.3 Å². The Hall–Kier alpha value is -1.16. The minimum Gasteiger partial charge on any atom is -0.297 e. The molecule has 0 radical (unpaired) electrons. The number of rotatable bonds is 2. The molecular weight excluding hydrogens is 302 g/mol. The molecule has 0 fully saturated rings. The molecule has 0 saturated heterocycles. The number of carbonyl (C=O) groups is 1. The fraction of sp³-hybridized carbons (Fsp3) is 0.353. The number of aldehydes is 1. The quantitative estimate of drug-likeness (QED) is 0.739. The summed E-state index contributed by atoms with van der Waals surface area (Å²) in [6.07, 6.45) is 1.96. The van der Waals surface area contributed by atoms with E-state index in [1.807, 2.05) is 26.0 Å². The van der Waals surface area contributed by atoms with Crippen molar-refractivity contribution in [2.45, 2.75) is 26.3 Å². The van der Waals surface area contributed by atoms with E-state index in [-0.39, 0.29) is 6.04 Å². The van der Waals surface area contributed by atoms with E-state index in [2.05, 4.69) is 29.5 Å². The molecule has 0 bridgehead atoms. The van der Waals surface area contributed by atoms with Crippen LogP contribution in [0, 0.1) is 0 Å². The van der Waals surface area contributed by atoms with Gasteiger partial charge in [0.25, 0.3) is 0 Å². The minimum absolute atomic E-state index is 0.201. The maximum absolute atomic E-state index is 10.9. The molecule has 0 N–H and O–H groups in total. The first kappa shape index (κ1) is 16.2. The van der Waals surface area contributed by atoms with E-state index in [1.54, 1.807) is 0 Å². The van der Waals surface area contributed by atoms with Crippen LogP contribution in [0.25, 0.3) is 0 Å². The Kier molecular flexibility index (Phi) is 5.57. The van der Waals surface area contributed by atoms with Crippen LogP contribution in [0.3, 0.4) is 0 Å². The Labute approximate surface area is 135 Å². The standard InChI is InChI=1S/C15H14ClNOS.C2H6/c1-17-5-4-10-2-3-12(16)7-14(10)15(17)11-6-13(8-18)19-9-11;1-2/h2-3,6-9,15H,4-5H2,1H3;1-2H3. The van der Waals surface area contributed by atoms with E-state index >= 15 is 0 Å². The van der Waals surface area contributed by atoms with Crippen molar-refractivity contribution < 1.29 is 4.79 Å². The van der Waals surface area contributed by atoms with Gasteiger partial charge in [0.05, 0.1) is 10.9 Å². The van der Waals surface area contributed by atoms with Crippen molar-refractivity contribution in [2.75, 3.05) is 13.6 Å². The lowest BCUT2D eigenvalue weighted by atomic mass is 9.90. The van der Waals surface area contributed by atoms with Crippen LogP contribution < -0.4 is 0 Å². The average Bonchev–Trinajstić information content (AvgIpc) is 2.97. The summed E-state index contributed by atoms with van der Waals surface area (Å²) in [5, 5.41) is 2.84. The summed E-state index contributed by atoms with van der Waals surface area (Å²) in [5.74, 6) is 0. The summed E-state index contributed by atoms with van der Waals surface area (Å²) >= 11 is 7.63. The monoisotopic (exact) mass is 321 g/mol. The molecule has 1 aliphatic heterocycles. The molecule has 112 valence electrons. The van der Waals surface area contributed by atoms with Gasteiger partial charge in [-0.1, -0.05) is 31.5 Å². The summed E-state index contributed by atoms with van der Waals surface area (Å²) in [4.78, 5) is 13.9. The molecule has 2 aromatic rings. The Bertz CT molecular complexity index is 623. The number of hydrogen-bond donors (Lipinski definition) is 0. The van der Waals surface area contributed by atoms with E-state index in [9.17, 15) is 4.79 Å². The lowest BCUT2D eigenvalue weighted by Crippen LogP contribution is -2.32. The van der Waals surface area contributed by atoms with Gasteiger partial charge in [0.1, 0.15) is 0 Å². The Morgan fingerprint density at radius 2 is 2.10 bits per heavy atom. The summed E-state index contributed by atoms with van der Waals surface area (Å²) in [6, 6.07) is 8.30. The number of likely N-dealkylation sites (N-methyl/N-ethyl adjacent to an activating group) is 1. The zero-order valence-electron chi connectivity index (χ0n) is 12.6. The molecule has 0 aliphatic carbocycles. The number of thiophene rings is 1. The number of benzene rings is 1. The largest absolute Gasteiger partial charge is 0.297 e. The highest BCUT2D eigenvalue weighted by atomic mass is 35.5. The van der Waals surface area contributed by atoms with E-state index in [0.717, 1.165) is 29.2 Å². The van der Waals surface area contributed by atoms with Gasteiger partial charge in [0.15, 0.2) is 6.29 Å². The van der Waals surface area contributed by atoms with Crippen molar-refractivity contribution in [3.05, 3.63) is 56.2 Å². The molecule has 1 aliphatic rings. The molecule has 2 nitrogen and oxygen atoms in total. The highest BCUT2D eigenvalue weighted by molar-refractivity contribution is 7.11. The second kappa shape index (κ2) is 7.21. The third-order valence-corrected chi connectivity index (χ3v) is 4.76. The van der Waals surface area contributed by atoms with E-state index in [4.69, 9.17) is 11.6 Å². The zero-order valence-corrected chi connectivity index (χ0v) is 14.2.